The maximum Gasteiger partial charge on any atom is 0.163 e. The van der Waals surface area contributed by atoms with Gasteiger partial charge in [-0.1, -0.05) is 61.5 Å². The standard InChI is InChI=1S/C18H15NOS/c1-2-17(20)14-10-6-7-11-15(14)18-19-16(12-21-18)13-8-4-3-5-9-13/h3-12H,2H2,1H3. The van der Waals surface area contributed by atoms with Gasteiger partial charge in [-0.2, -0.15) is 0 Å². The molecule has 3 heteroatoms. The lowest BCUT2D eigenvalue weighted by Gasteiger charge is -2.04. The molecule has 1 aromatic heterocycles. The number of nitrogens with zero attached hydrogens (tertiary/aromatic N) is 1. The van der Waals surface area contributed by atoms with Crippen molar-refractivity contribution in [2.75, 3.05) is 0 Å². The normalized spacial score (nSPS) is 10.5. The molecule has 3 aromatic rings. The SMILES string of the molecule is CCC(=O)c1ccccc1-c1nc(-c2ccccc2)cs1. The van der Waals surface area contributed by atoms with Crippen molar-refractivity contribution in [3.63, 3.8) is 0 Å². The summed E-state index contributed by atoms with van der Waals surface area (Å²) < 4.78 is 0. The lowest BCUT2D eigenvalue weighted by atomic mass is 10.0. The Bertz CT molecular complexity index is 762. The topological polar surface area (TPSA) is 30.0 Å². The third-order valence-electron chi connectivity index (χ3n) is 3.35. The maximum atomic E-state index is 12.1. The molecular weight excluding hydrogens is 278 g/mol. The molecule has 0 N–H and O–H groups in total. The van der Waals surface area contributed by atoms with E-state index in [9.17, 15) is 4.79 Å². The van der Waals surface area contributed by atoms with Gasteiger partial charge >= 0.3 is 0 Å². The lowest BCUT2D eigenvalue weighted by Crippen LogP contribution is -1.99. The van der Waals surface area contributed by atoms with E-state index >= 15 is 0 Å². The number of aromatic nitrogens is 1. The second-order valence-corrected chi connectivity index (χ2v) is 5.58. The van der Waals surface area contributed by atoms with Crippen LogP contribution in [0.2, 0.25) is 0 Å². The highest BCUT2D eigenvalue weighted by molar-refractivity contribution is 7.13. The smallest absolute Gasteiger partial charge is 0.163 e. The molecule has 0 fully saturated rings. The molecule has 0 amide bonds. The summed E-state index contributed by atoms with van der Waals surface area (Å²) in [6.45, 7) is 1.89. The Morgan fingerprint density at radius 2 is 1.76 bits per heavy atom. The Morgan fingerprint density at radius 3 is 2.52 bits per heavy atom. The van der Waals surface area contributed by atoms with Crippen molar-refractivity contribution in [2.24, 2.45) is 0 Å². The van der Waals surface area contributed by atoms with E-state index in [1.54, 1.807) is 11.3 Å². The molecular formula is C18H15NOS. The summed E-state index contributed by atoms with van der Waals surface area (Å²) in [6.07, 6.45) is 0.508. The first kappa shape index (κ1) is 13.7. The minimum absolute atomic E-state index is 0.155. The molecule has 0 aliphatic carbocycles. The zero-order chi connectivity index (χ0) is 14.7. The van der Waals surface area contributed by atoms with Crippen LogP contribution in [0.25, 0.3) is 21.8 Å². The molecule has 0 atom stereocenters. The highest BCUT2D eigenvalue weighted by Crippen LogP contribution is 2.31. The first-order valence-electron chi connectivity index (χ1n) is 6.93. The quantitative estimate of drug-likeness (QED) is 0.629. The van der Waals surface area contributed by atoms with E-state index in [1.807, 2.05) is 66.9 Å². The highest BCUT2D eigenvalue weighted by atomic mass is 32.1. The molecule has 3 rings (SSSR count). The largest absolute Gasteiger partial charge is 0.294 e. The fraction of sp³-hybridized carbons (Fsp3) is 0.111. The van der Waals surface area contributed by atoms with Crippen LogP contribution in [-0.2, 0) is 0 Å². The van der Waals surface area contributed by atoms with E-state index in [1.165, 1.54) is 0 Å². The minimum Gasteiger partial charge on any atom is -0.294 e. The molecule has 0 unspecified atom stereocenters. The van der Waals surface area contributed by atoms with Gasteiger partial charge in [0.15, 0.2) is 5.78 Å². The Hall–Kier alpha value is -2.26. The minimum atomic E-state index is 0.155. The number of hydrogen-bond donors (Lipinski definition) is 0. The van der Waals surface area contributed by atoms with Crippen molar-refractivity contribution in [1.82, 2.24) is 4.98 Å². The van der Waals surface area contributed by atoms with Gasteiger partial charge in [0.05, 0.1) is 5.69 Å². The molecule has 0 spiro atoms. The summed E-state index contributed by atoms with van der Waals surface area (Å²) in [5, 5.41) is 2.93. The van der Waals surface area contributed by atoms with Crippen molar-refractivity contribution in [1.29, 1.82) is 0 Å². The number of thiazole rings is 1. The molecule has 0 saturated carbocycles. The summed E-state index contributed by atoms with van der Waals surface area (Å²) >= 11 is 1.58. The van der Waals surface area contributed by atoms with Crippen LogP contribution in [0, 0.1) is 0 Å². The molecule has 1 heterocycles. The lowest BCUT2D eigenvalue weighted by molar-refractivity contribution is 0.0989. The summed E-state index contributed by atoms with van der Waals surface area (Å²) in [6, 6.07) is 17.8. The Labute approximate surface area is 128 Å². The van der Waals surface area contributed by atoms with Gasteiger partial charge in [0, 0.05) is 28.5 Å². The molecule has 0 saturated heterocycles. The number of hydrogen-bond acceptors (Lipinski definition) is 3. The average Bonchev–Trinajstić information content (AvgIpc) is 3.05. The van der Waals surface area contributed by atoms with Crippen LogP contribution >= 0.6 is 11.3 Å². The van der Waals surface area contributed by atoms with Crippen LogP contribution in [0.4, 0.5) is 0 Å². The zero-order valence-corrected chi connectivity index (χ0v) is 12.6. The van der Waals surface area contributed by atoms with E-state index in [-0.39, 0.29) is 5.78 Å². The Balaban J connectivity index is 2.03. The van der Waals surface area contributed by atoms with Gasteiger partial charge < -0.3 is 0 Å². The van der Waals surface area contributed by atoms with Crippen molar-refractivity contribution in [3.8, 4) is 21.8 Å². The van der Waals surface area contributed by atoms with Crippen molar-refractivity contribution in [3.05, 3.63) is 65.5 Å². The van der Waals surface area contributed by atoms with E-state index in [4.69, 9.17) is 4.98 Å². The molecule has 0 bridgehead atoms. The summed E-state index contributed by atoms with van der Waals surface area (Å²) in [5.74, 6) is 0.155. The van der Waals surface area contributed by atoms with Crippen LogP contribution in [0.15, 0.2) is 60.0 Å². The summed E-state index contributed by atoms with van der Waals surface area (Å²) in [7, 11) is 0. The number of carbonyl (C=O) groups excluding carboxylic acids is 1. The number of carbonyl (C=O) groups is 1. The van der Waals surface area contributed by atoms with E-state index in [0.717, 1.165) is 27.4 Å². The van der Waals surface area contributed by atoms with Gasteiger partial charge in [0.1, 0.15) is 5.01 Å². The predicted octanol–water partition coefficient (Wildman–Crippen LogP) is 5.07. The number of benzene rings is 2. The van der Waals surface area contributed by atoms with Crippen LogP contribution in [0.1, 0.15) is 23.7 Å². The number of rotatable bonds is 4. The Kier molecular flexibility index (Phi) is 3.93. The van der Waals surface area contributed by atoms with E-state index in [2.05, 4.69) is 0 Å². The van der Waals surface area contributed by atoms with Gasteiger partial charge in [0.2, 0.25) is 0 Å². The first-order valence-corrected chi connectivity index (χ1v) is 7.81. The molecule has 2 nitrogen and oxygen atoms in total. The first-order chi connectivity index (χ1) is 10.3. The fourth-order valence-corrected chi connectivity index (χ4v) is 3.11. The number of ketones is 1. The Morgan fingerprint density at radius 1 is 1.05 bits per heavy atom. The third-order valence-corrected chi connectivity index (χ3v) is 4.23. The van der Waals surface area contributed by atoms with Crippen molar-refractivity contribution < 1.29 is 4.79 Å². The zero-order valence-electron chi connectivity index (χ0n) is 11.7. The van der Waals surface area contributed by atoms with Crippen LogP contribution in [0.3, 0.4) is 0 Å². The average molecular weight is 293 g/mol. The van der Waals surface area contributed by atoms with Gasteiger partial charge in [-0.15, -0.1) is 11.3 Å². The van der Waals surface area contributed by atoms with Gasteiger partial charge in [-0.05, 0) is 0 Å². The van der Waals surface area contributed by atoms with Crippen LogP contribution < -0.4 is 0 Å². The maximum absolute atomic E-state index is 12.1. The second kappa shape index (κ2) is 6.02. The second-order valence-electron chi connectivity index (χ2n) is 4.73. The number of Topliss-reactive ketones (excluding diaryl/α,β-unsaturated/α-hetero) is 1. The molecule has 0 radical (unpaired) electrons. The van der Waals surface area contributed by atoms with E-state index in [0.29, 0.717) is 6.42 Å². The molecule has 21 heavy (non-hydrogen) atoms. The van der Waals surface area contributed by atoms with E-state index < -0.39 is 0 Å². The monoisotopic (exact) mass is 293 g/mol. The van der Waals surface area contributed by atoms with Gasteiger partial charge in [-0.25, -0.2) is 4.98 Å². The molecule has 0 aliphatic rings. The third kappa shape index (κ3) is 2.78. The van der Waals surface area contributed by atoms with Crippen molar-refractivity contribution in [2.45, 2.75) is 13.3 Å². The fourth-order valence-electron chi connectivity index (χ4n) is 2.24. The summed E-state index contributed by atoms with van der Waals surface area (Å²) in [5.41, 5.74) is 3.74. The molecule has 104 valence electrons. The van der Waals surface area contributed by atoms with Gasteiger partial charge in [0.25, 0.3) is 0 Å². The summed E-state index contributed by atoms with van der Waals surface area (Å²) in [4.78, 5) is 16.8. The predicted molar refractivity (Wildman–Crippen MR) is 87.6 cm³/mol. The molecule has 2 aromatic carbocycles. The van der Waals surface area contributed by atoms with Crippen molar-refractivity contribution >= 4 is 17.1 Å². The molecule has 0 aliphatic heterocycles. The van der Waals surface area contributed by atoms with Gasteiger partial charge in [-0.3, -0.25) is 4.79 Å². The van der Waals surface area contributed by atoms with Crippen LogP contribution in [0.5, 0.6) is 0 Å². The highest BCUT2D eigenvalue weighted by Gasteiger charge is 2.14. The van der Waals surface area contributed by atoms with Crippen LogP contribution in [-0.4, -0.2) is 10.8 Å².